The van der Waals surface area contributed by atoms with E-state index in [2.05, 4.69) is 11.4 Å². The molecule has 2 aromatic carbocycles. The number of carbonyl (C=O) groups excluding carboxylic acids is 2. The summed E-state index contributed by atoms with van der Waals surface area (Å²) in [6, 6.07) is 17.5. The van der Waals surface area contributed by atoms with Crippen molar-refractivity contribution in [2.24, 2.45) is 5.92 Å². The number of hydrogen-bond acceptors (Lipinski definition) is 2. The monoisotopic (exact) mass is 362 g/mol. The van der Waals surface area contributed by atoms with E-state index in [1.165, 1.54) is 5.56 Å². The molecule has 2 aliphatic rings. The highest BCUT2D eigenvalue weighted by Crippen LogP contribution is 2.48. The van der Waals surface area contributed by atoms with Crippen LogP contribution in [0.25, 0.3) is 0 Å². The Hall–Kier alpha value is -2.62. The normalized spacial score (nSPS) is 22.1. The Labute approximate surface area is 160 Å². The number of carbonyl (C=O) groups is 2. The first kappa shape index (κ1) is 17.8. The third-order valence-corrected chi connectivity index (χ3v) is 5.98. The van der Waals surface area contributed by atoms with Gasteiger partial charge in [0.1, 0.15) is 6.04 Å². The third-order valence-electron chi connectivity index (χ3n) is 5.98. The van der Waals surface area contributed by atoms with E-state index in [0.717, 1.165) is 30.5 Å². The first-order chi connectivity index (χ1) is 13.2. The maximum Gasteiger partial charge on any atom is 0.243 e. The smallest absolute Gasteiger partial charge is 0.243 e. The third kappa shape index (κ3) is 3.25. The number of rotatable bonds is 5. The molecule has 0 bridgehead atoms. The average molecular weight is 362 g/mol. The van der Waals surface area contributed by atoms with Gasteiger partial charge in [-0.2, -0.15) is 0 Å². The zero-order valence-electron chi connectivity index (χ0n) is 15.7. The van der Waals surface area contributed by atoms with Crippen molar-refractivity contribution in [2.45, 2.75) is 51.1 Å². The second-order valence-corrected chi connectivity index (χ2v) is 7.54. The van der Waals surface area contributed by atoms with Gasteiger partial charge < -0.3 is 5.32 Å². The van der Waals surface area contributed by atoms with E-state index < -0.39 is 6.04 Å². The molecule has 1 aliphatic carbocycles. The molecule has 0 aromatic heterocycles. The number of amides is 2. The molecule has 4 nitrogen and oxygen atoms in total. The molecule has 0 saturated heterocycles. The molecule has 4 rings (SSSR count). The van der Waals surface area contributed by atoms with Crippen molar-refractivity contribution in [3.8, 4) is 0 Å². The Morgan fingerprint density at radius 1 is 1.07 bits per heavy atom. The molecular formula is C23H26N2O2. The van der Waals surface area contributed by atoms with Gasteiger partial charge in [-0.1, -0.05) is 61.9 Å². The molecule has 2 aromatic rings. The molecule has 1 heterocycles. The molecule has 1 aliphatic heterocycles. The predicted molar refractivity (Wildman–Crippen MR) is 106 cm³/mol. The highest BCUT2D eigenvalue weighted by Gasteiger charge is 2.45. The summed E-state index contributed by atoms with van der Waals surface area (Å²) < 4.78 is 0. The van der Waals surface area contributed by atoms with Crippen molar-refractivity contribution in [3.05, 3.63) is 65.7 Å². The zero-order chi connectivity index (χ0) is 18.8. The Balaban J connectivity index is 1.60. The van der Waals surface area contributed by atoms with Gasteiger partial charge in [0, 0.05) is 18.2 Å². The van der Waals surface area contributed by atoms with Gasteiger partial charge in [-0.05, 0) is 42.4 Å². The number of fused-ring (bicyclic) bond motifs is 3. The van der Waals surface area contributed by atoms with Crippen LogP contribution in [-0.4, -0.2) is 17.9 Å². The first-order valence-electron chi connectivity index (χ1n) is 9.94. The van der Waals surface area contributed by atoms with Gasteiger partial charge in [0.25, 0.3) is 0 Å². The van der Waals surface area contributed by atoms with Gasteiger partial charge in [0.05, 0.1) is 0 Å². The van der Waals surface area contributed by atoms with Crippen LogP contribution in [-0.2, 0) is 16.1 Å². The van der Waals surface area contributed by atoms with Crippen molar-refractivity contribution in [3.63, 3.8) is 0 Å². The highest BCUT2D eigenvalue weighted by atomic mass is 16.2. The molecule has 2 amide bonds. The lowest BCUT2D eigenvalue weighted by Gasteiger charge is -2.40. The van der Waals surface area contributed by atoms with Gasteiger partial charge in [0.15, 0.2) is 0 Å². The molecule has 140 valence electrons. The van der Waals surface area contributed by atoms with Crippen LogP contribution in [0, 0.1) is 5.92 Å². The standard InChI is InChI=1S/C23H26N2O2/c1-2-20(22(26)24-15-16-9-4-3-5-10-16)25-21-14-7-6-11-18(21)17-12-8-13-19(17)23(25)27/h3-7,9-11,14,17,19-20H,2,8,12-13,15H2,1H3,(H,24,26)/t17-,19+,20+/m1/s1. The van der Waals surface area contributed by atoms with Gasteiger partial charge in [-0.25, -0.2) is 0 Å². The molecule has 1 fully saturated rings. The van der Waals surface area contributed by atoms with Crippen LogP contribution in [0.3, 0.4) is 0 Å². The SMILES string of the molecule is CC[C@@H](C(=O)NCc1ccccc1)N1C(=O)[C@H]2CCC[C@@H]2c2ccccc21. The fourth-order valence-corrected chi connectivity index (χ4v) is 4.66. The van der Waals surface area contributed by atoms with E-state index in [-0.39, 0.29) is 17.7 Å². The number of benzene rings is 2. The second kappa shape index (κ2) is 7.55. The molecule has 3 atom stereocenters. The minimum Gasteiger partial charge on any atom is -0.350 e. The Bertz CT molecular complexity index is 833. The van der Waals surface area contributed by atoms with E-state index in [1.54, 1.807) is 4.90 Å². The molecule has 0 radical (unpaired) electrons. The fraction of sp³-hybridized carbons (Fsp3) is 0.391. The Morgan fingerprint density at radius 3 is 2.56 bits per heavy atom. The lowest BCUT2D eigenvalue weighted by molar-refractivity contribution is -0.129. The quantitative estimate of drug-likeness (QED) is 0.874. The first-order valence-corrected chi connectivity index (χ1v) is 9.94. The van der Waals surface area contributed by atoms with E-state index in [0.29, 0.717) is 18.9 Å². The van der Waals surface area contributed by atoms with E-state index in [4.69, 9.17) is 0 Å². The molecule has 1 saturated carbocycles. The summed E-state index contributed by atoms with van der Waals surface area (Å²) in [6.45, 7) is 2.45. The largest absolute Gasteiger partial charge is 0.350 e. The number of hydrogen-bond donors (Lipinski definition) is 1. The van der Waals surface area contributed by atoms with Crippen LogP contribution in [0.5, 0.6) is 0 Å². The van der Waals surface area contributed by atoms with Crippen molar-refractivity contribution in [1.82, 2.24) is 5.32 Å². The van der Waals surface area contributed by atoms with Gasteiger partial charge in [0.2, 0.25) is 11.8 Å². The van der Waals surface area contributed by atoms with Crippen molar-refractivity contribution in [2.75, 3.05) is 4.90 Å². The van der Waals surface area contributed by atoms with Gasteiger partial charge >= 0.3 is 0 Å². The van der Waals surface area contributed by atoms with Crippen LogP contribution in [0.2, 0.25) is 0 Å². The van der Waals surface area contributed by atoms with E-state index in [1.807, 2.05) is 55.5 Å². The topological polar surface area (TPSA) is 49.4 Å². The number of para-hydroxylation sites is 1. The summed E-state index contributed by atoms with van der Waals surface area (Å²) in [5, 5.41) is 3.03. The van der Waals surface area contributed by atoms with Gasteiger partial charge in [-0.3, -0.25) is 14.5 Å². The minimum absolute atomic E-state index is 0.0240. The minimum atomic E-state index is -0.469. The molecule has 27 heavy (non-hydrogen) atoms. The summed E-state index contributed by atoms with van der Waals surface area (Å²) in [5.41, 5.74) is 3.21. The van der Waals surface area contributed by atoms with Crippen molar-refractivity contribution < 1.29 is 9.59 Å². The fourth-order valence-electron chi connectivity index (χ4n) is 4.66. The molecule has 1 N–H and O–H groups in total. The maximum absolute atomic E-state index is 13.3. The summed E-state index contributed by atoms with van der Waals surface area (Å²) >= 11 is 0. The predicted octanol–water partition coefficient (Wildman–Crippen LogP) is 4.01. The summed E-state index contributed by atoms with van der Waals surface area (Å²) in [5.74, 6) is 0.379. The summed E-state index contributed by atoms with van der Waals surface area (Å²) in [4.78, 5) is 28.1. The van der Waals surface area contributed by atoms with Gasteiger partial charge in [-0.15, -0.1) is 0 Å². The molecule has 0 spiro atoms. The number of nitrogens with one attached hydrogen (secondary N) is 1. The number of anilines is 1. The van der Waals surface area contributed by atoms with Crippen molar-refractivity contribution >= 4 is 17.5 Å². The zero-order valence-corrected chi connectivity index (χ0v) is 15.7. The molecular weight excluding hydrogens is 336 g/mol. The molecule has 4 heteroatoms. The lowest BCUT2D eigenvalue weighted by Crippen LogP contribution is -2.53. The van der Waals surface area contributed by atoms with Crippen LogP contribution in [0.4, 0.5) is 5.69 Å². The summed E-state index contributed by atoms with van der Waals surface area (Å²) in [7, 11) is 0. The lowest BCUT2D eigenvalue weighted by atomic mass is 9.82. The Kier molecular flexibility index (Phi) is 4.97. The van der Waals surface area contributed by atoms with Crippen LogP contribution < -0.4 is 10.2 Å². The van der Waals surface area contributed by atoms with Crippen molar-refractivity contribution in [1.29, 1.82) is 0 Å². The van der Waals surface area contributed by atoms with Crippen LogP contribution in [0.1, 0.15) is 49.7 Å². The number of nitrogens with zero attached hydrogens (tertiary/aromatic N) is 1. The highest BCUT2D eigenvalue weighted by molar-refractivity contribution is 6.04. The maximum atomic E-state index is 13.3. The summed E-state index contributed by atoms with van der Waals surface area (Å²) in [6.07, 6.45) is 3.67. The van der Waals surface area contributed by atoms with Crippen LogP contribution in [0.15, 0.2) is 54.6 Å². The average Bonchev–Trinajstić information content (AvgIpc) is 3.20. The van der Waals surface area contributed by atoms with E-state index in [9.17, 15) is 9.59 Å². The van der Waals surface area contributed by atoms with Crippen LogP contribution >= 0.6 is 0 Å². The second-order valence-electron chi connectivity index (χ2n) is 7.54. The van der Waals surface area contributed by atoms with E-state index >= 15 is 0 Å². The Morgan fingerprint density at radius 2 is 1.78 bits per heavy atom. The molecule has 0 unspecified atom stereocenters.